The van der Waals surface area contributed by atoms with Crippen LogP contribution in [0.2, 0.25) is 0 Å². The molecule has 2 aromatic carbocycles. The minimum atomic E-state index is -1.06. The predicted molar refractivity (Wildman–Crippen MR) is 97.5 cm³/mol. The number of methoxy groups -OCH3 is 2. The van der Waals surface area contributed by atoms with Crippen molar-refractivity contribution >= 4 is 11.9 Å². The molecule has 0 saturated heterocycles. The van der Waals surface area contributed by atoms with Crippen LogP contribution in [-0.2, 0) is 16.1 Å². The average Bonchev–Trinajstić information content (AvgIpc) is 2.66. The summed E-state index contributed by atoms with van der Waals surface area (Å²) in [6.45, 7) is 1.55. The molecule has 0 spiro atoms. The highest BCUT2D eigenvalue weighted by Crippen LogP contribution is 2.25. The molecule has 0 aliphatic heterocycles. The number of hydrogen-bond acceptors (Lipinski definition) is 4. The fraction of sp³-hybridized carbons (Fsp3) is 0.300. The van der Waals surface area contributed by atoms with Crippen LogP contribution in [0.15, 0.2) is 48.5 Å². The van der Waals surface area contributed by atoms with Gasteiger partial charge in [-0.1, -0.05) is 30.3 Å². The fourth-order valence-electron chi connectivity index (χ4n) is 2.71. The second-order valence-electron chi connectivity index (χ2n) is 5.94. The number of hydrogen-bond donors (Lipinski definition) is 1. The first-order valence-corrected chi connectivity index (χ1v) is 8.22. The van der Waals surface area contributed by atoms with Gasteiger partial charge in [-0.05, 0) is 30.2 Å². The van der Waals surface area contributed by atoms with E-state index in [1.807, 2.05) is 30.3 Å². The van der Waals surface area contributed by atoms with Gasteiger partial charge in [-0.15, -0.1) is 0 Å². The molecule has 1 unspecified atom stereocenters. The SMILES string of the molecule is COc1cc(CN(CC(=O)O)C(=O)C(C)c2ccccc2)cc(OC)c1. The standard InChI is InChI=1S/C20H23NO5/c1-14(16-7-5-4-6-8-16)20(24)21(13-19(22)23)12-15-9-17(25-2)11-18(10-15)26-3/h4-11,14H,12-13H2,1-3H3,(H,22,23). The molecule has 26 heavy (non-hydrogen) atoms. The van der Waals surface area contributed by atoms with E-state index in [0.717, 1.165) is 11.1 Å². The summed E-state index contributed by atoms with van der Waals surface area (Å²) in [5, 5.41) is 9.22. The predicted octanol–water partition coefficient (Wildman–Crippen LogP) is 2.92. The normalized spacial score (nSPS) is 11.5. The third-order valence-electron chi connectivity index (χ3n) is 4.09. The van der Waals surface area contributed by atoms with Gasteiger partial charge in [0.25, 0.3) is 0 Å². The molecule has 0 radical (unpaired) electrons. The Kier molecular flexibility index (Phi) is 6.60. The minimum absolute atomic E-state index is 0.149. The summed E-state index contributed by atoms with van der Waals surface area (Å²) in [7, 11) is 3.08. The Labute approximate surface area is 153 Å². The van der Waals surface area contributed by atoms with E-state index in [-0.39, 0.29) is 19.0 Å². The number of nitrogens with zero attached hydrogens (tertiary/aromatic N) is 1. The van der Waals surface area contributed by atoms with Crippen LogP contribution >= 0.6 is 0 Å². The van der Waals surface area contributed by atoms with Gasteiger partial charge in [-0.2, -0.15) is 0 Å². The first kappa shape index (κ1) is 19.3. The van der Waals surface area contributed by atoms with E-state index < -0.39 is 11.9 Å². The lowest BCUT2D eigenvalue weighted by atomic mass is 9.99. The van der Waals surface area contributed by atoms with E-state index in [2.05, 4.69) is 0 Å². The van der Waals surface area contributed by atoms with Crippen LogP contribution in [0.25, 0.3) is 0 Å². The van der Waals surface area contributed by atoms with Crippen molar-refractivity contribution in [3.63, 3.8) is 0 Å². The lowest BCUT2D eigenvalue weighted by Crippen LogP contribution is -2.37. The van der Waals surface area contributed by atoms with Gasteiger partial charge in [0.15, 0.2) is 0 Å². The molecular formula is C20H23NO5. The zero-order valence-corrected chi connectivity index (χ0v) is 15.1. The van der Waals surface area contributed by atoms with E-state index >= 15 is 0 Å². The summed E-state index contributed by atoms with van der Waals surface area (Å²) in [5.74, 6) is -0.590. The summed E-state index contributed by atoms with van der Waals surface area (Å²) in [4.78, 5) is 25.5. The Morgan fingerprint density at radius 2 is 1.62 bits per heavy atom. The summed E-state index contributed by atoms with van der Waals surface area (Å²) >= 11 is 0. The molecule has 6 heteroatoms. The van der Waals surface area contributed by atoms with Gasteiger partial charge in [0, 0.05) is 12.6 Å². The van der Waals surface area contributed by atoms with Crippen molar-refractivity contribution in [2.24, 2.45) is 0 Å². The fourth-order valence-corrected chi connectivity index (χ4v) is 2.71. The number of aliphatic carboxylic acids is 1. The van der Waals surface area contributed by atoms with Crippen LogP contribution in [0.5, 0.6) is 11.5 Å². The maximum Gasteiger partial charge on any atom is 0.323 e. The topological polar surface area (TPSA) is 76.1 Å². The highest BCUT2D eigenvalue weighted by Gasteiger charge is 2.24. The van der Waals surface area contributed by atoms with Gasteiger partial charge in [0.2, 0.25) is 5.91 Å². The molecule has 6 nitrogen and oxygen atoms in total. The van der Waals surface area contributed by atoms with Gasteiger partial charge in [0.05, 0.1) is 20.1 Å². The average molecular weight is 357 g/mol. The molecule has 0 heterocycles. The molecule has 2 aromatic rings. The first-order valence-electron chi connectivity index (χ1n) is 8.22. The largest absolute Gasteiger partial charge is 0.497 e. The first-order chi connectivity index (χ1) is 12.4. The van der Waals surface area contributed by atoms with Crippen molar-refractivity contribution in [3.8, 4) is 11.5 Å². The summed E-state index contributed by atoms with van der Waals surface area (Å²) in [6.07, 6.45) is 0. The molecule has 2 rings (SSSR count). The maximum absolute atomic E-state index is 12.9. The smallest absolute Gasteiger partial charge is 0.323 e. The molecule has 0 fully saturated rings. The molecule has 0 bridgehead atoms. The Morgan fingerprint density at radius 3 is 2.12 bits per heavy atom. The zero-order chi connectivity index (χ0) is 19.1. The monoisotopic (exact) mass is 357 g/mol. The second-order valence-corrected chi connectivity index (χ2v) is 5.94. The van der Waals surface area contributed by atoms with Gasteiger partial charge in [-0.3, -0.25) is 9.59 Å². The minimum Gasteiger partial charge on any atom is -0.497 e. The van der Waals surface area contributed by atoms with Crippen LogP contribution in [0.4, 0.5) is 0 Å². The number of carboxylic acids is 1. The van der Waals surface area contributed by atoms with Crippen LogP contribution in [0.3, 0.4) is 0 Å². The Morgan fingerprint density at radius 1 is 1.04 bits per heavy atom. The van der Waals surface area contributed by atoms with Crippen molar-refractivity contribution in [1.82, 2.24) is 4.90 Å². The lowest BCUT2D eigenvalue weighted by Gasteiger charge is -2.25. The molecular weight excluding hydrogens is 334 g/mol. The van der Waals surface area contributed by atoms with Crippen molar-refractivity contribution in [2.75, 3.05) is 20.8 Å². The van der Waals surface area contributed by atoms with E-state index in [4.69, 9.17) is 9.47 Å². The van der Waals surface area contributed by atoms with Gasteiger partial charge in [0.1, 0.15) is 18.0 Å². The summed E-state index contributed by atoms with van der Waals surface area (Å²) in [6, 6.07) is 14.5. The highest BCUT2D eigenvalue weighted by atomic mass is 16.5. The van der Waals surface area contributed by atoms with Crippen molar-refractivity contribution < 1.29 is 24.2 Å². The molecule has 1 amide bonds. The number of carbonyl (C=O) groups is 2. The Bertz CT molecular complexity index is 738. The number of amides is 1. The second kappa shape index (κ2) is 8.89. The van der Waals surface area contributed by atoms with E-state index in [0.29, 0.717) is 11.5 Å². The molecule has 0 saturated carbocycles. The van der Waals surface area contributed by atoms with Crippen LogP contribution in [0, 0.1) is 0 Å². The number of ether oxygens (including phenoxy) is 2. The van der Waals surface area contributed by atoms with E-state index in [1.54, 1.807) is 25.1 Å². The summed E-state index contributed by atoms with van der Waals surface area (Å²) < 4.78 is 10.5. The number of carboxylic acid groups (broad SMARTS) is 1. The molecule has 138 valence electrons. The van der Waals surface area contributed by atoms with Crippen LogP contribution < -0.4 is 9.47 Å². The molecule has 1 atom stereocenters. The van der Waals surface area contributed by atoms with Gasteiger partial charge in [-0.25, -0.2) is 0 Å². The maximum atomic E-state index is 12.9. The third kappa shape index (κ3) is 4.99. The lowest BCUT2D eigenvalue weighted by molar-refractivity contribution is -0.145. The van der Waals surface area contributed by atoms with Gasteiger partial charge < -0.3 is 19.5 Å². The highest BCUT2D eigenvalue weighted by molar-refractivity contribution is 5.86. The van der Waals surface area contributed by atoms with Crippen LogP contribution in [0.1, 0.15) is 24.0 Å². The number of rotatable bonds is 8. The third-order valence-corrected chi connectivity index (χ3v) is 4.09. The van der Waals surface area contributed by atoms with Crippen molar-refractivity contribution in [2.45, 2.75) is 19.4 Å². The van der Waals surface area contributed by atoms with E-state index in [9.17, 15) is 14.7 Å². The Balaban J connectivity index is 2.27. The number of carbonyl (C=O) groups excluding carboxylic acids is 1. The van der Waals surface area contributed by atoms with Gasteiger partial charge >= 0.3 is 5.97 Å². The van der Waals surface area contributed by atoms with Crippen molar-refractivity contribution in [3.05, 3.63) is 59.7 Å². The molecule has 0 aliphatic carbocycles. The molecule has 0 aliphatic rings. The Hall–Kier alpha value is -3.02. The molecule has 1 N–H and O–H groups in total. The molecule has 0 aromatic heterocycles. The number of benzene rings is 2. The summed E-state index contributed by atoms with van der Waals surface area (Å²) in [5.41, 5.74) is 1.58. The van der Waals surface area contributed by atoms with Crippen molar-refractivity contribution in [1.29, 1.82) is 0 Å². The quantitative estimate of drug-likeness (QED) is 0.786. The van der Waals surface area contributed by atoms with E-state index in [1.165, 1.54) is 19.1 Å². The zero-order valence-electron chi connectivity index (χ0n) is 15.1. The van der Waals surface area contributed by atoms with Crippen LogP contribution in [-0.4, -0.2) is 42.6 Å².